The van der Waals surface area contributed by atoms with Crippen molar-refractivity contribution in [1.29, 1.82) is 0 Å². The van der Waals surface area contributed by atoms with Crippen LogP contribution in [-0.2, 0) is 9.59 Å². The summed E-state index contributed by atoms with van der Waals surface area (Å²) in [5.41, 5.74) is 3.57. The lowest BCUT2D eigenvalue weighted by atomic mass is 10.1. The van der Waals surface area contributed by atoms with Gasteiger partial charge in [-0.1, -0.05) is 42.5 Å². The molecule has 0 heterocycles. The average molecular weight is 566 g/mol. The molecule has 0 saturated heterocycles. The Morgan fingerprint density at radius 2 is 1.54 bits per heavy atom. The molecule has 41 heavy (non-hydrogen) atoms. The summed E-state index contributed by atoms with van der Waals surface area (Å²) in [4.78, 5) is 39.7. The van der Waals surface area contributed by atoms with Gasteiger partial charge in [0.2, 0.25) is 5.91 Å². The number of methoxy groups -OCH3 is 1. The highest BCUT2D eigenvalue weighted by molar-refractivity contribution is 8.00. The van der Waals surface area contributed by atoms with Crippen LogP contribution < -0.4 is 20.7 Å². The molecular weight excluding hydrogens is 534 g/mol. The second-order valence-corrected chi connectivity index (χ2v) is 10.7. The molecule has 8 heteroatoms. The number of amides is 3. The Hall–Kier alpha value is -4.82. The van der Waals surface area contributed by atoms with Gasteiger partial charge in [-0.2, -0.15) is 0 Å². The van der Waals surface area contributed by atoms with Crippen LogP contribution in [0.5, 0.6) is 5.75 Å². The molecule has 0 aromatic heterocycles. The van der Waals surface area contributed by atoms with Gasteiger partial charge >= 0.3 is 0 Å². The fourth-order valence-corrected chi connectivity index (χ4v) is 4.75. The molecule has 1 unspecified atom stereocenters. The van der Waals surface area contributed by atoms with Gasteiger partial charge in [0.15, 0.2) is 0 Å². The number of hydrogen-bond donors (Lipinski definition) is 3. The van der Waals surface area contributed by atoms with Gasteiger partial charge < -0.3 is 20.7 Å². The van der Waals surface area contributed by atoms with E-state index in [0.29, 0.717) is 22.6 Å². The van der Waals surface area contributed by atoms with Gasteiger partial charge in [-0.05, 0) is 91.7 Å². The number of aryl methyl sites for hydroxylation is 1. The van der Waals surface area contributed by atoms with Gasteiger partial charge in [0.25, 0.3) is 11.8 Å². The molecule has 4 aromatic carbocycles. The maximum atomic E-state index is 13.3. The molecule has 0 spiro atoms. The normalized spacial score (nSPS) is 11.7. The maximum absolute atomic E-state index is 13.3. The van der Waals surface area contributed by atoms with E-state index in [4.69, 9.17) is 4.74 Å². The predicted molar refractivity (Wildman–Crippen MR) is 165 cm³/mol. The summed E-state index contributed by atoms with van der Waals surface area (Å²) in [5, 5.41) is 8.19. The van der Waals surface area contributed by atoms with Crippen LogP contribution in [0.2, 0.25) is 0 Å². The molecule has 208 valence electrons. The topological polar surface area (TPSA) is 96.5 Å². The minimum atomic E-state index is -0.483. The van der Waals surface area contributed by atoms with Crippen molar-refractivity contribution in [3.63, 3.8) is 0 Å². The highest BCUT2D eigenvalue weighted by Crippen LogP contribution is 2.26. The zero-order chi connectivity index (χ0) is 29.2. The molecule has 0 aliphatic carbocycles. The van der Waals surface area contributed by atoms with E-state index in [1.54, 1.807) is 67.8 Å². The van der Waals surface area contributed by atoms with Crippen molar-refractivity contribution >= 4 is 46.9 Å². The molecule has 0 saturated carbocycles. The number of thioether (sulfide) groups is 1. The van der Waals surface area contributed by atoms with Gasteiger partial charge in [0, 0.05) is 21.8 Å². The summed E-state index contributed by atoms with van der Waals surface area (Å²) in [6.07, 6.45) is 1.59. The quantitative estimate of drug-likeness (QED) is 0.150. The number of carbonyl (C=O) groups is 3. The van der Waals surface area contributed by atoms with E-state index >= 15 is 0 Å². The van der Waals surface area contributed by atoms with Crippen LogP contribution >= 0.6 is 11.8 Å². The number of ether oxygens (including phenoxy) is 1. The maximum Gasteiger partial charge on any atom is 0.272 e. The Morgan fingerprint density at radius 1 is 0.805 bits per heavy atom. The second-order valence-electron chi connectivity index (χ2n) is 9.25. The zero-order valence-corrected chi connectivity index (χ0v) is 23.8. The Kier molecular flexibility index (Phi) is 9.96. The third-order valence-electron chi connectivity index (χ3n) is 6.01. The number of nitrogens with one attached hydrogen (secondary N) is 3. The summed E-state index contributed by atoms with van der Waals surface area (Å²) in [6.45, 7) is 3.82. The number of benzene rings is 4. The van der Waals surface area contributed by atoms with Crippen molar-refractivity contribution < 1.29 is 19.1 Å². The lowest BCUT2D eigenvalue weighted by molar-refractivity contribution is -0.115. The summed E-state index contributed by atoms with van der Waals surface area (Å²) >= 11 is 1.42. The molecule has 0 bridgehead atoms. The minimum absolute atomic E-state index is 0.0759. The van der Waals surface area contributed by atoms with E-state index in [1.165, 1.54) is 11.8 Å². The van der Waals surface area contributed by atoms with Crippen LogP contribution in [0.1, 0.15) is 28.4 Å². The SMILES string of the molecule is COc1cccc(/C=C(\NC(=O)c2ccccc2)C(=O)Nc2ccc(SC(C)C(=O)Nc3cccc(C)c3)cc2)c1. The van der Waals surface area contributed by atoms with Crippen molar-refractivity contribution in [2.45, 2.75) is 24.0 Å². The van der Waals surface area contributed by atoms with Crippen LogP contribution in [0.15, 0.2) is 114 Å². The van der Waals surface area contributed by atoms with Crippen molar-refractivity contribution in [2.75, 3.05) is 17.7 Å². The van der Waals surface area contributed by atoms with Crippen LogP contribution in [0.3, 0.4) is 0 Å². The predicted octanol–water partition coefficient (Wildman–Crippen LogP) is 6.53. The van der Waals surface area contributed by atoms with Crippen LogP contribution in [-0.4, -0.2) is 30.1 Å². The summed E-state index contributed by atoms with van der Waals surface area (Å²) in [5.74, 6) is -0.356. The van der Waals surface area contributed by atoms with Crippen molar-refractivity contribution in [3.05, 3.63) is 126 Å². The van der Waals surface area contributed by atoms with Crippen LogP contribution in [0.4, 0.5) is 11.4 Å². The molecular formula is C33H31N3O4S. The Balaban J connectivity index is 1.44. The van der Waals surface area contributed by atoms with Crippen LogP contribution in [0.25, 0.3) is 6.08 Å². The fraction of sp³-hybridized carbons (Fsp3) is 0.121. The number of carbonyl (C=O) groups excluding carboxylic acids is 3. The van der Waals surface area contributed by atoms with Gasteiger partial charge in [-0.25, -0.2) is 0 Å². The fourth-order valence-electron chi connectivity index (χ4n) is 3.88. The van der Waals surface area contributed by atoms with Crippen LogP contribution in [0, 0.1) is 6.92 Å². The van der Waals surface area contributed by atoms with Crippen molar-refractivity contribution in [2.24, 2.45) is 0 Å². The molecule has 3 N–H and O–H groups in total. The van der Waals surface area contributed by atoms with E-state index in [9.17, 15) is 14.4 Å². The highest BCUT2D eigenvalue weighted by atomic mass is 32.2. The molecule has 0 aliphatic heterocycles. The Bertz CT molecular complexity index is 1550. The smallest absolute Gasteiger partial charge is 0.272 e. The van der Waals surface area contributed by atoms with Gasteiger partial charge in [0.1, 0.15) is 11.4 Å². The molecule has 4 rings (SSSR count). The lowest BCUT2D eigenvalue weighted by Gasteiger charge is -2.14. The first-order chi connectivity index (χ1) is 19.8. The van der Waals surface area contributed by atoms with E-state index in [1.807, 2.05) is 62.4 Å². The molecule has 4 aromatic rings. The molecule has 0 aliphatic rings. The minimum Gasteiger partial charge on any atom is -0.497 e. The van der Waals surface area contributed by atoms with E-state index < -0.39 is 11.8 Å². The van der Waals surface area contributed by atoms with E-state index in [2.05, 4.69) is 16.0 Å². The lowest BCUT2D eigenvalue weighted by Crippen LogP contribution is -2.30. The van der Waals surface area contributed by atoms with Gasteiger partial charge in [-0.15, -0.1) is 11.8 Å². The standard InChI is InChI=1S/C33H31N3O4S/c1-22-9-7-13-27(19-22)35-31(37)23(2)41-29-17-15-26(16-18-29)34-33(39)30(21-24-10-8-14-28(20-24)40-3)36-32(38)25-11-5-4-6-12-25/h4-21,23H,1-3H3,(H,34,39)(H,35,37)(H,36,38)/b30-21-. The monoisotopic (exact) mass is 565 g/mol. The summed E-state index contributed by atoms with van der Waals surface area (Å²) in [6, 6.07) is 30.7. The third-order valence-corrected chi connectivity index (χ3v) is 7.13. The van der Waals surface area contributed by atoms with Gasteiger partial charge in [0.05, 0.1) is 12.4 Å². The zero-order valence-electron chi connectivity index (χ0n) is 23.0. The second kappa shape index (κ2) is 14.0. The highest BCUT2D eigenvalue weighted by Gasteiger charge is 2.17. The first-order valence-electron chi connectivity index (χ1n) is 13.0. The largest absolute Gasteiger partial charge is 0.497 e. The molecule has 0 radical (unpaired) electrons. The Labute approximate surface area is 244 Å². The molecule has 7 nitrogen and oxygen atoms in total. The van der Waals surface area contributed by atoms with Crippen molar-refractivity contribution in [3.8, 4) is 5.75 Å². The Morgan fingerprint density at radius 3 is 2.24 bits per heavy atom. The summed E-state index contributed by atoms with van der Waals surface area (Å²) < 4.78 is 5.29. The molecule has 3 amide bonds. The average Bonchev–Trinajstić information content (AvgIpc) is 2.98. The van der Waals surface area contributed by atoms with Gasteiger partial charge in [-0.3, -0.25) is 14.4 Å². The third kappa shape index (κ3) is 8.58. The number of hydrogen-bond acceptors (Lipinski definition) is 5. The number of rotatable bonds is 10. The van der Waals surface area contributed by atoms with E-state index in [0.717, 1.165) is 16.1 Å². The van der Waals surface area contributed by atoms with Crippen molar-refractivity contribution in [1.82, 2.24) is 5.32 Å². The first-order valence-corrected chi connectivity index (χ1v) is 13.9. The van der Waals surface area contributed by atoms with E-state index in [-0.39, 0.29) is 16.9 Å². The molecule has 1 atom stereocenters. The summed E-state index contributed by atoms with van der Waals surface area (Å²) in [7, 11) is 1.56. The first kappa shape index (κ1) is 29.2. The number of anilines is 2. The molecule has 0 fully saturated rings.